The Hall–Kier alpha value is -1.96. The number of anilines is 1. The molecule has 1 aromatic heterocycles. The van der Waals surface area contributed by atoms with Crippen molar-refractivity contribution in [1.29, 1.82) is 0 Å². The first-order valence-corrected chi connectivity index (χ1v) is 5.03. The smallest absolute Gasteiger partial charge is 0.348 e. The topological polar surface area (TPSA) is 115 Å². The Kier molecular flexibility index (Phi) is 4.16. The Labute approximate surface area is 102 Å². The number of halogens is 1. The molecule has 92 valence electrons. The minimum absolute atomic E-state index is 0.0173. The third-order valence-electron chi connectivity index (χ3n) is 1.97. The molecule has 1 amide bonds. The van der Waals surface area contributed by atoms with Crippen molar-refractivity contribution in [3.8, 4) is 0 Å². The van der Waals surface area contributed by atoms with E-state index in [1.165, 1.54) is 4.90 Å². The van der Waals surface area contributed by atoms with E-state index in [1.54, 1.807) is 6.92 Å². The fraction of sp³-hybridized carbons (Fsp3) is 0.375. The predicted octanol–water partition coefficient (Wildman–Crippen LogP) is 0.350. The molecule has 0 aromatic carbocycles. The monoisotopic (exact) mass is 259 g/mol. The number of amides is 1. The van der Waals surface area contributed by atoms with Crippen LogP contribution in [0, 0.1) is 10.1 Å². The Morgan fingerprint density at radius 1 is 1.65 bits per heavy atom. The van der Waals surface area contributed by atoms with Gasteiger partial charge in [-0.25, -0.2) is 9.97 Å². The molecular formula is C8H10ClN5O3. The number of hydrogen-bond donors (Lipinski definition) is 1. The first kappa shape index (κ1) is 13.1. The molecule has 0 unspecified atom stereocenters. The lowest BCUT2D eigenvalue weighted by atomic mass is 10.4. The van der Waals surface area contributed by atoms with Crippen molar-refractivity contribution in [2.75, 3.05) is 18.0 Å². The van der Waals surface area contributed by atoms with Gasteiger partial charge < -0.3 is 10.6 Å². The largest absolute Gasteiger partial charge is 0.368 e. The minimum Gasteiger partial charge on any atom is -0.368 e. The lowest BCUT2D eigenvalue weighted by Gasteiger charge is -2.19. The summed E-state index contributed by atoms with van der Waals surface area (Å²) in [4.78, 5) is 29.6. The van der Waals surface area contributed by atoms with Crippen LogP contribution in [0.4, 0.5) is 11.5 Å². The molecule has 2 N–H and O–H groups in total. The molecule has 17 heavy (non-hydrogen) atoms. The summed E-state index contributed by atoms with van der Waals surface area (Å²) in [5, 5.41) is 10.6. The number of carbonyl (C=O) groups is 1. The van der Waals surface area contributed by atoms with Gasteiger partial charge >= 0.3 is 5.69 Å². The van der Waals surface area contributed by atoms with Crippen molar-refractivity contribution in [1.82, 2.24) is 9.97 Å². The molecule has 0 spiro atoms. The Morgan fingerprint density at radius 2 is 2.29 bits per heavy atom. The molecule has 8 nitrogen and oxygen atoms in total. The van der Waals surface area contributed by atoms with Crippen molar-refractivity contribution in [2.45, 2.75) is 6.92 Å². The van der Waals surface area contributed by atoms with Crippen LogP contribution in [0.2, 0.25) is 5.15 Å². The zero-order valence-corrected chi connectivity index (χ0v) is 9.72. The number of aromatic nitrogens is 2. The number of nitrogens with two attached hydrogens (primary N) is 1. The highest BCUT2D eigenvalue weighted by atomic mass is 35.5. The van der Waals surface area contributed by atoms with Gasteiger partial charge in [-0.05, 0) is 6.92 Å². The van der Waals surface area contributed by atoms with Crippen molar-refractivity contribution in [3.63, 3.8) is 0 Å². The number of nitrogens with zero attached hydrogens (tertiary/aromatic N) is 4. The number of carbonyl (C=O) groups excluding carboxylic acids is 1. The summed E-state index contributed by atoms with van der Waals surface area (Å²) in [6.07, 6.45) is 1.09. The molecule has 0 saturated carbocycles. The summed E-state index contributed by atoms with van der Waals surface area (Å²) >= 11 is 5.63. The molecule has 0 atom stereocenters. The second kappa shape index (κ2) is 5.39. The van der Waals surface area contributed by atoms with Crippen molar-refractivity contribution in [2.24, 2.45) is 5.73 Å². The van der Waals surface area contributed by atoms with Crippen molar-refractivity contribution >= 4 is 29.0 Å². The van der Waals surface area contributed by atoms with Gasteiger partial charge in [-0.15, -0.1) is 0 Å². The third kappa shape index (κ3) is 3.00. The molecule has 0 fully saturated rings. The van der Waals surface area contributed by atoms with E-state index in [4.69, 9.17) is 17.3 Å². The highest BCUT2D eigenvalue weighted by Crippen LogP contribution is 2.30. The lowest BCUT2D eigenvalue weighted by molar-refractivity contribution is -0.384. The maximum Gasteiger partial charge on any atom is 0.348 e. The highest BCUT2D eigenvalue weighted by Gasteiger charge is 2.25. The first-order valence-electron chi connectivity index (χ1n) is 4.65. The fourth-order valence-corrected chi connectivity index (χ4v) is 1.46. The summed E-state index contributed by atoms with van der Waals surface area (Å²) < 4.78 is 0. The van der Waals surface area contributed by atoms with Gasteiger partial charge in [-0.2, -0.15) is 0 Å². The van der Waals surface area contributed by atoms with Crippen LogP contribution in [-0.4, -0.2) is 33.9 Å². The molecule has 0 aliphatic heterocycles. The van der Waals surface area contributed by atoms with Crippen molar-refractivity contribution < 1.29 is 9.72 Å². The average Bonchev–Trinajstić information content (AvgIpc) is 2.24. The number of likely N-dealkylation sites (N-methyl/N-ethyl adjacent to an activating group) is 1. The molecule has 9 heteroatoms. The van der Waals surface area contributed by atoms with Gasteiger partial charge in [0.25, 0.3) is 0 Å². The number of hydrogen-bond acceptors (Lipinski definition) is 6. The second-order valence-corrected chi connectivity index (χ2v) is 3.43. The van der Waals surface area contributed by atoms with Crippen molar-refractivity contribution in [3.05, 3.63) is 21.6 Å². The van der Waals surface area contributed by atoms with E-state index >= 15 is 0 Å². The zero-order valence-electron chi connectivity index (χ0n) is 8.96. The van der Waals surface area contributed by atoms with Crippen LogP contribution in [0.5, 0.6) is 0 Å². The summed E-state index contributed by atoms with van der Waals surface area (Å²) in [7, 11) is 0. The van der Waals surface area contributed by atoms with Gasteiger partial charge in [-0.1, -0.05) is 11.6 Å². The van der Waals surface area contributed by atoms with Gasteiger partial charge in [-0.3, -0.25) is 14.9 Å². The molecule has 0 saturated heterocycles. The van der Waals surface area contributed by atoms with Gasteiger partial charge in [0.1, 0.15) is 6.33 Å². The van der Waals surface area contributed by atoms with Crippen LogP contribution in [0.25, 0.3) is 0 Å². The number of rotatable bonds is 5. The standard InChI is InChI=1S/C8H10ClN5O3/c1-2-13(3-5(10)15)8-6(14(16)17)7(9)11-4-12-8/h4H,2-3H2,1H3,(H2,10,15). The van der Waals surface area contributed by atoms with Gasteiger partial charge in [0, 0.05) is 6.54 Å². The van der Waals surface area contributed by atoms with E-state index in [9.17, 15) is 14.9 Å². The van der Waals surface area contributed by atoms with E-state index in [1.807, 2.05) is 0 Å². The number of primary amides is 1. The predicted molar refractivity (Wildman–Crippen MR) is 60.8 cm³/mol. The summed E-state index contributed by atoms with van der Waals surface area (Å²) in [5.41, 5.74) is 4.61. The second-order valence-electron chi connectivity index (χ2n) is 3.07. The maximum atomic E-state index is 10.8. The van der Waals surface area contributed by atoms with Crippen LogP contribution in [-0.2, 0) is 4.79 Å². The molecule has 1 heterocycles. The lowest BCUT2D eigenvalue weighted by Crippen LogP contribution is -2.34. The summed E-state index contributed by atoms with van der Waals surface area (Å²) in [6, 6.07) is 0. The van der Waals surface area contributed by atoms with E-state index in [0.29, 0.717) is 6.54 Å². The Bertz CT molecular complexity index is 453. The molecule has 0 aliphatic rings. The third-order valence-corrected chi connectivity index (χ3v) is 2.25. The zero-order chi connectivity index (χ0) is 13.0. The SMILES string of the molecule is CCN(CC(N)=O)c1ncnc(Cl)c1[N+](=O)[O-]. The quantitative estimate of drug-likeness (QED) is 0.463. The fourth-order valence-electron chi connectivity index (χ4n) is 1.26. The van der Waals surface area contributed by atoms with Gasteiger partial charge in [0.15, 0.2) is 0 Å². The molecule has 0 aliphatic carbocycles. The first-order chi connectivity index (χ1) is 7.97. The molecule has 1 rings (SSSR count). The van der Waals surface area contributed by atoms with Crippen LogP contribution in [0.15, 0.2) is 6.33 Å². The maximum absolute atomic E-state index is 10.8. The highest BCUT2D eigenvalue weighted by molar-refractivity contribution is 6.31. The van der Waals surface area contributed by atoms with Crippen LogP contribution in [0.1, 0.15) is 6.92 Å². The van der Waals surface area contributed by atoms with Gasteiger partial charge in [0.2, 0.25) is 16.9 Å². The average molecular weight is 260 g/mol. The minimum atomic E-state index is -0.693. The van der Waals surface area contributed by atoms with E-state index in [-0.39, 0.29) is 17.5 Å². The summed E-state index contributed by atoms with van der Waals surface area (Å²) in [6.45, 7) is 1.87. The molecule has 0 bridgehead atoms. The summed E-state index contributed by atoms with van der Waals surface area (Å²) in [5.74, 6) is -0.632. The molecule has 1 aromatic rings. The number of nitro groups is 1. The molecule has 0 radical (unpaired) electrons. The normalized spacial score (nSPS) is 10.0. The van der Waals surface area contributed by atoms with Crippen LogP contribution in [0.3, 0.4) is 0 Å². The van der Waals surface area contributed by atoms with E-state index in [0.717, 1.165) is 6.33 Å². The van der Waals surface area contributed by atoms with E-state index in [2.05, 4.69) is 9.97 Å². The van der Waals surface area contributed by atoms with Crippen LogP contribution >= 0.6 is 11.6 Å². The van der Waals surface area contributed by atoms with E-state index < -0.39 is 16.5 Å². The Balaban J connectivity index is 3.23. The Morgan fingerprint density at radius 3 is 2.76 bits per heavy atom. The van der Waals surface area contributed by atoms with Gasteiger partial charge in [0.05, 0.1) is 11.5 Å². The molecular weight excluding hydrogens is 250 g/mol. The van der Waals surface area contributed by atoms with Crippen LogP contribution < -0.4 is 10.6 Å².